The molecule has 12 aromatic rings. The van der Waals surface area contributed by atoms with Crippen molar-refractivity contribution < 1.29 is 72.3 Å². The van der Waals surface area contributed by atoms with E-state index in [4.69, 9.17) is 17.2 Å². The Labute approximate surface area is 917 Å². The number of nitrogens with one attached hydrogen (secondary N) is 6. The van der Waals surface area contributed by atoms with Crippen LogP contribution in [0.3, 0.4) is 0 Å². The minimum atomic E-state index is -4.90. The fourth-order valence-electron chi connectivity index (χ4n) is 17.2. The van der Waals surface area contributed by atoms with Crippen molar-refractivity contribution in [1.82, 2.24) is 31.9 Å². The lowest BCUT2D eigenvalue weighted by molar-refractivity contribution is -0.143. The molecule has 0 saturated heterocycles. The molecule has 702 valence electrons. The maximum absolute atomic E-state index is 13.0. The van der Waals surface area contributed by atoms with E-state index in [1.165, 1.54) is 78.5 Å². The standard InChI is InChI=1S/C18H15F6NO2.C16H14I3NO2.2C16H16I2N2O.C16H16I2N2.C16H15I2NO3/c19-17(20,21)11-3-9(4-12(7-11)18(22,23)24)5-14-13-8-16(27)15(26)6-10(13)1-2-25-14;17-11-3-8(4-12(18)16(11)19)5-13-10-7-15(22)14(21)6-9(10)1-2-20-13;17-13-5-9(6-14(18)16(13)19)7-15-12-2-1-11(21)8-10(12)3-4-20-15;17-13-5-9(6-14(18)16(13)19)7-15-12-8-11(21)2-1-10(12)3-4-20-15;17-13-7-10(8-14(18)16(13)19)9-15-12-4-2-1-3-11(12)5-6-20-15;17-11-3-8(4-12(18)16(11)22)5-13-10-7-15(21)14(20)6-9(10)1-2-19-13/h3-4,6-8,14,25-27H,1-2,5H2;3-4,6-7,13,20-22H,1-2,5H2;2*1-2,5-6,8,15,20-21H,3-4,7,19H2;1-4,7-8,15,20H,5-6,9,19H2;3-4,6-7,13,19-22H,1-2,5H2. The van der Waals surface area contributed by atoms with Crippen molar-refractivity contribution in [2.75, 3.05) is 56.5 Å². The van der Waals surface area contributed by atoms with E-state index in [0.29, 0.717) is 65.6 Å². The summed E-state index contributed by atoms with van der Waals surface area (Å²) in [6, 6.07) is 53.0. The molecule has 133 heavy (non-hydrogen) atoms. The Morgan fingerprint density at radius 3 is 0.842 bits per heavy atom. The van der Waals surface area contributed by atoms with Gasteiger partial charge in [0.05, 0.1) is 35.3 Å². The van der Waals surface area contributed by atoms with E-state index >= 15 is 0 Å². The van der Waals surface area contributed by atoms with Gasteiger partial charge in [0.25, 0.3) is 0 Å². The lowest BCUT2D eigenvalue weighted by Gasteiger charge is -2.28. The average molecular weight is 3050 g/mol. The number of rotatable bonds is 12. The highest BCUT2D eigenvalue weighted by molar-refractivity contribution is 14.1. The number of benzene rings is 12. The third-order valence-corrected chi connectivity index (χ3v) is 35.7. The van der Waals surface area contributed by atoms with Gasteiger partial charge in [-0.3, -0.25) is 0 Å². The zero-order valence-corrected chi connectivity index (χ0v) is 94.4. The van der Waals surface area contributed by atoms with E-state index in [1.807, 2.05) is 36.4 Å². The molecule has 6 atom stereocenters. The molecule has 0 spiro atoms. The first-order chi connectivity index (χ1) is 63.1. The van der Waals surface area contributed by atoms with E-state index in [2.05, 4.69) is 353 Å². The highest BCUT2D eigenvalue weighted by Crippen LogP contribution is 2.44. The summed E-state index contributed by atoms with van der Waals surface area (Å²) >= 11 is 25.2. The first-order valence-corrected chi connectivity index (χ1v) is 54.0. The van der Waals surface area contributed by atoms with Crippen LogP contribution in [0, 0.1) is 39.3 Å². The van der Waals surface area contributed by atoms with Gasteiger partial charge in [0.1, 0.15) is 17.2 Å². The first kappa shape index (κ1) is 106. The summed E-state index contributed by atoms with van der Waals surface area (Å²) in [6.45, 7) is 5.16. The fourth-order valence-corrected chi connectivity index (χ4v) is 27.0. The summed E-state index contributed by atoms with van der Waals surface area (Å²) in [5.74, 6) is 0.0714. The van der Waals surface area contributed by atoms with Crippen LogP contribution >= 0.6 is 248 Å². The van der Waals surface area contributed by atoms with Gasteiger partial charge < -0.3 is 95.1 Å². The summed E-state index contributed by atoms with van der Waals surface area (Å²) in [4.78, 5) is 0. The maximum Gasteiger partial charge on any atom is 0.416 e. The molecule has 18 rings (SSSR count). The van der Waals surface area contributed by atoms with Crippen molar-refractivity contribution in [3.63, 3.8) is 0 Å². The van der Waals surface area contributed by atoms with Crippen LogP contribution in [0.15, 0.2) is 176 Å². The summed E-state index contributed by atoms with van der Waals surface area (Å²) in [5.41, 5.74) is 37.7. The molecule has 35 heteroatoms. The molecule has 12 aromatic carbocycles. The number of fused-ring (bicyclic) bond motifs is 6. The molecular formula is C98H92F6I11N9O9. The van der Waals surface area contributed by atoms with Crippen molar-refractivity contribution in [2.45, 2.75) is 126 Å². The molecule has 21 N–H and O–H groups in total. The Kier molecular flexibility index (Phi) is 37.8. The minimum Gasteiger partial charge on any atom is -0.508 e. The zero-order chi connectivity index (χ0) is 95.8. The zero-order valence-electron chi connectivity index (χ0n) is 70.6. The predicted molar refractivity (Wildman–Crippen MR) is 604 cm³/mol. The number of halogens is 17. The van der Waals surface area contributed by atoms with Crippen molar-refractivity contribution in [2.24, 2.45) is 0 Å². The number of alkyl halides is 6. The van der Waals surface area contributed by atoms with Gasteiger partial charge in [0.2, 0.25) is 0 Å². The topological polar surface area (TPSA) is 332 Å². The van der Waals surface area contributed by atoms with Crippen LogP contribution in [0.25, 0.3) is 0 Å². The third-order valence-electron chi connectivity index (χ3n) is 23.8. The number of anilines is 3. The molecule has 0 amide bonds. The van der Waals surface area contributed by atoms with Crippen LogP contribution in [-0.2, 0) is 89.4 Å². The summed E-state index contributed by atoms with van der Waals surface area (Å²) in [7, 11) is 0. The van der Waals surface area contributed by atoms with Crippen LogP contribution in [0.4, 0.5) is 43.4 Å². The number of hydrogen-bond donors (Lipinski definition) is 18. The van der Waals surface area contributed by atoms with Crippen LogP contribution in [-0.4, -0.2) is 85.2 Å². The number of nitrogen functional groups attached to an aromatic ring is 3. The lowest BCUT2D eigenvalue weighted by Crippen LogP contribution is -2.31. The number of phenols is 9. The molecule has 6 aliphatic rings. The van der Waals surface area contributed by atoms with Crippen molar-refractivity contribution in [3.05, 3.63) is 326 Å². The smallest absolute Gasteiger partial charge is 0.416 e. The van der Waals surface area contributed by atoms with Crippen LogP contribution in [0.2, 0.25) is 0 Å². The largest absolute Gasteiger partial charge is 0.508 e. The predicted octanol–water partition coefficient (Wildman–Crippen LogP) is 23.5. The molecule has 0 fully saturated rings. The van der Waals surface area contributed by atoms with Gasteiger partial charge in [-0.2, -0.15) is 26.3 Å². The van der Waals surface area contributed by atoms with Crippen molar-refractivity contribution in [1.29, 1.82) is 0 Å². The summed E-state index contributed by atoms with van der Waals surface area (Å²) in [5, 5.41) is 108. The van der Waals surface area contributed by atoms with E-state index in [9.17, 15) is 72.3 Å². The normalized spacial score (nSPS) is 17.5. The molecule has 0 saturated carbocycles. The molecule has 6 aliphatic heterocycles. The molecule has 6 heterocycles. The maximum atomic E-state index is 13.0. The molecule has 0 bridgehead atoms. The molecule has 0 radical (unpaired) electrons. The Bertz CT molecular complexity index is 6010. The van der Waals surface area contributed by atoms with E-state index in [0.717, 1.165) is 170 Å². The molecule has 0 aliphatic carbocycles. The molecular weight excluding hydrogens is 2960 g/mol. The second-order valence-corrected chi connectivity index (χ2v) is 45.7. The SMILES string of the molecule is Nc1c(I)cc(CC2NCCc3cc(O)ccc32)cc1I.Nc1c(I)cc(CC2NCCc3ccc(O)cc32)cc1I.Nc1c(I)cc(CC2NCCc3ccccc32)cc1I.Oc1cc2c(cc1O)C(Cc1cc(C(F)(F)F)cc(C(F)(F)F)c1)NCC2.Oc1cc2c(cc1O)C(Cc1cc(I)c(I)c(I)c1)NCC2.Oc1cc2c(cc1O)C(Cc1cc(I)c(O)c(I)c1)NCC2. The van der Waals surface area contributed by atoms with Gasteiger partial charge in [-0.15, -0.1) is 0 Å². The van der Waals surface area contributed by atoms with Gasteiger partial charge in [0, 0.05) is 68.4 Å². The van der Waals surface area contributed by atoms with Crippen LogP contribution in [0.5, 0.6) is 51.7 Å². The number of phenolic OH excluding ortho intramolecular Hbond substituents is 9. The summed E-state index contributed by atoms with van der Waals surface area (Å²) < 4.78 is 90.3. The highest BCUT2D eigenvalue weighted by Gasteiger charge is 2.38. The van der Waals surface area contributed by atoms with Gasteiger partial charge in [0.15, 0.2) is 34.5 Å². The number of aromatic hydroxyl groups is 9. The van der Waals surface area contributed by atoms with Gasteiger partial charge in [-0.25, -0.2) is 0 Å². The fraction of sp³-hybridized carbons (Fsp3) is 0.265. The molecule has 18 nitrogen and oxygen atoms in total. The van der Waals surface area contributed by atoms with Crippen molar-refractivity contribution in [3.8, 4) is 51.7 Å². The highest BCUT2D eigenvalue weighted by atomic mass is 127. The van der Waals surface area contributed by atoms with E-state index in [-0.39, 0.29) is 64.9 Å². The van der Waals surface area contributed by atoms with Crippen LogP contribution in [0.1, 0.15) is 148 Å². The van der Waals surface area contributed by atoms with Crippen molar-refractivity contribution >= 4 is 266 Å². The minimum absolute atomic E-state index is 0.0299. The summed E-state index contributed by atoms with van der Waals surface area (Å²) in [6.07, 6.45) is -0.106. The Morgan fingerprint density at radius 1 is 0.256 bits per heavy atom. The Balaban J connectivity index is 0.000000136. The monoisotopic (exact) mass is 3050 g/mol. The number of hydrogen-bond acceptors (Lipinski definition) is 18. The molecule has 6 unspecified atom stereocenters. The first-order valence-electron chi connectivity index (χ1n) is 42.1. The van der Waals surface area contributed by atoms with Gasteiger partial charge in [-0.05, 0) is 604 Å². The number of nitrogens with two attached hydrogens (primary N) is 3. The van der Waals surface area contributed by atoms with Crippen LogP contribution < -0.4 is 49.1 Å². The Morgan fingerprint density at radius 2 is 0.504 bits per heavy atom. The molecule has 0 aromatic heterocycles. The van der Waals surface area contributed by atoms with E-state index in [1.54, 1.807) is 36.4 Å². The Hall–Kier alpha value is -4.39. The second kappa shape index (κ2) is 47.5. The lowest BCUT2D eigenvalue weighted by atomic mass is 9.89. The average Bonchev–Trinajstić information content (AvgIpc) is 0.826. The quantitative estimate of drug-likeness (QED) is 0.0178. The van der Waals surface area contributed by atoms with Gasteiger partial charge >= 0.3 is 12.4 Å². The van der Waals surface area contributed by atoms with Gasteiger partial charge in [-0.1, -0.05) is 36.4 Å². The third kappa shape index (κ3) is 27.9. The second-order valence-electron chi connectivity index (χ2n) is 33.0. The van der Waals surface area contributed by atoms with E-state index < -0.39 is 35.3 Å².